The topological polar surface area (TPSA) is 79.3 Å². The van der Waals surface area contributed by atoms with Gasteiger partial charge >= 0.3 is 0 Å². The molecule has 0 spiro atoms. The van der Waals surface area contributed by atoms with Gasteiger partial charge in [0.05, 0.1) is 6.61 Å². The zero-order valence-electron chi connectivity index (χ0n) is 15.8. The van der Waals surface area contributed by atoms with E-state index in [1.54, 1.807) is 18.6 Å². The van der Waals surface area contributed by atoms with Gasteiger partial charge in [-0.1, -0.05) is 0 Å². The van der Waals surface area contributed by atoms with Crippen molar-refractivity contribution >= 4 is 23.4 Å². The molecule has 1 fully saturated rings. The summed E-state index contributed by atoms with van der Waals surface area (Å²) < 4.78 is 5.48. The lowest BCUT2D eigenvalue weighted by atomic mass is 10.3. The number of nitrogens with zero attached hydrogens (tertiary/aromatic N) is 6. The third-order valence-electron chi connectivity index (χ3n) is 4.48. The van der Waals surface area contributed by atoms with Crippen LogP contribution in [0.25, 0.3) is 0 Å². The number of ether oxygens (including phenoxy) is 1. The fourth-order valence-corrected chi connectivity index (χ4v) is 3.08. The standard InChI is InChI=1S/C20H23N7O/c1-2-28-17-6-4-16(5-7-17)24-18-8-11-23-20(25-18)27-14-12-26(13-15-27)19-21-9-3-10-22-19/h3-11H,2,12-15H2,1H3,(H,23,24,25). The number of nitrogens with one attached hydrogen (secondary N) is 1. The quantitative estimate of drug-likeness (QED) is 0.702. The van der Waals surface area contributed by atoms with Crippen LogP contribution in [0.4, 0.5) is 23.4 Å². The third-order valence-corrected chi connectivity index (χ3v) is 4.48. The van der Waals surface area contributed by atoms with E-state index < -0.39 is 0 Å². The molecule has 0 bridgehead atoms. The summed E-state index contributed by atoms with van der Waals surface area (Å²) in [7, 11) is 0. The van der Waals surface area contributed by atoms with Crippen molar-refractivity contribution in [3.05, 3.63) is 55.0 Å². The zero-order chi connectivity index (χ0) is 19.2. The van der Waals surface area contributed by atoms with Gasteiger partial charge in [-0.3, -0.25) is 0 Å². The molecule has 3 heterocycles. The van der Waals surface area contributed by atoms with E-state index in [9.17, 15) is 0 Å². The minimum Gasteiger partial charge on any atom is -0.494 e. The van der Waals surface area contributed by atoms with Gasteiger partial charge in [-0.05, 0) is 43.3 Å². The number of hydrogen-bond donors (Lipinski definition) is 1. The highest BCUT2D eigenvalue weighted by atomic mass is 16.5. The Morgan fingerprint density at radius 2 is 1.50 bits per heavy atom. The molecule has 0 amide bonds. The fraction of sp³-hybridized carbons (Fsp3) is 0.300. The first-order valence-corrected chi connectivity index (χ1v) is 9.41. The molecule has 144 valence electrons. The Bertz CT molecular complexity index is 881. The van der Waals surface area contributed by atoms with Crippen LogP contribution in [-0.4, -0.2) is 52.7 Å². The van der Waals surface area contributed by atoms with Gasteiger partial charge in [0.1, 0.15) is 11.6 Å². The predicted molar refractivity (Wildman–Crippen MR) is 109 cm³/mol. The maximum atomic E-state index is 5.48. The van der Waals surface area contributed by atoms with Crippen LogP contribution in [0, 0.1) is 0 Å². The summed E-state index contributed by atoms with van der Waals surface area (Å²) in [5, 5.41) is 3.32. The average molecular weight is 377 g/mol. The predicted octanol–water partition coefficient (Wildman–Crippen LogP) is 2.74. The number of rotatable bonds is 6. The molecule has 28 heavy (non-hydrogen) atoms. The van der Waals surface area contributed by atoms with E-state index in [0.29, 0.717) is 6.61 Å². The molecule has 1 saturated heterocycles. The Morgan fingerprint density at radius 1 is 0.857 bits per heavy atom. The zero-order valence-corrected chi connectivity index (χ0v) is 15.8. The monoisotopic (exact) mass is 377 g/mol. The Balaban J connectivity index is 1.39. The van der Waals surface area contributed by atoms with Crippen LogP contribution in [0.2, 0.25) is 0 Å². The van der Waals surface area contributed by atoms with Crippen LogP contribution < -0.4 is 19.9 Å². The van der Waals surface area contributed by atoms with Crippen molar-refractivity contribution in [3.8, 4) is 5.75 Å². The molecule has 8 nitrogen and oxygen atoms in total. The molecular weight excluding hydrogens is 354 g/mol. The van der Waals surface area contributed by atoms with E-state index in [-0.39, 0.29) is 0 Å². The van der Waals surface area contributed by atoms with E-state index in [2.05, 4.69) is 35.1 Å². The lowest BCUT2D eigenvalue weighted by Crippen LogP contribution is -2.47. The SMILES string of the molecule is CCOc1ccc(Nc2ccnc(N3CCN(c4ncccn4)CC3)n2)cc1. The summed E-state index contributed by atoms with van der Waals surface area (Å²) in [5.41, 5.74) is 0.958. The smallest absolute Gasteiger partial charge is 0.227 e. The maximum Gasteiger partial charge on any atom is 0.227 e. The molecule has 0 unspecified atom stereocenters. The van der Waals surface area contributed by atoms with Crippen LogP contribution in [-0.2, 0) is 0 Å². The van der Waals surface area contributed by atoms with Crippen LogP contribution in [0.1, 0.15) is 6.92 Å². The largest absolute Gasteiger partial charge is 0.494 e. The highest BCUT2D eigenvalue weighted by molar-refractivity contribution is 5.58. The van der Waals surface area contributed by atoms with Crippen LogP contribution in [0.3, 0.4) is 0 Å². The third kappa shape index (κ3) is 4.28. The molecule has 1 aromatic carbocycles. The second-order valence-corrected chi connectivity index (χ2v) is 6.35. The average Bonchev–Trinajstić information content (AvgIpc) is 2.76. The van der Waals surface area contributed by atoms with E-state index in [1.807, 2.05) is 43.3 Å². The number of hydrogen-bond acceptors (Lipinski definition) is 8. The molecule has 1 aliphatic rings. The van der Waals surface area contributed by atoms with Crippen LogP contribution in [0.15, 0.2) is 55.0 Å². The Morgan fingerprint density at radius 3 is 2.18 bits per heavy atom. The van der Waals surface area contributed by atoms with Crippen molar-refractivity contribution in [2.75, 3.05) is 47.9 Å². The first-order valence-electron chi connectivity index (χ1n) is 9.41. The summed E-state index contributed by atoms with van der Waals surface area (Å²) in [6.45, 7) is 5.95. The van der Waals surface area contributed by atoms with E-state index >= 15 is 0 Å². The Kier molecular flexibility index (Phi) is 5.46. The number of benzene rings is 1. The van der Waals surface area contributed by atoms with Crippen LogP contribution >= 0.6 is 0 Å². The normalized spacial score (nSPS) is 14.0. The first-order chi connectivity index (χ1) is 13.8. The number of aromatic nitrogens is 4. The molecule has 8 heteroatoms. The van der Waals surface area contributed by atoms with Crippen molar-refractivity contribution in [1.82, 2.24) is 19.9 Å². The minimum atomic E-state index is 0.658. The number of anilines is 4. The summed E-state index contributed by atoms with van der Waals surface area (Å²) in [6.07, 6.45) is 5.33. The molecule has 0 atom stereocenters. The molecule has 2 aromatic heterocycles. The summed E-state index contributed by atoms with van der Waals surface area (Å²) in [5.74, 6) is 3.12. The molecule has 1 aliphatic heterocycles. The molecule has 1 N–H and O–H groups in total. The fourth-order valence-electron chi connectivity index (χ4n) is 3.08. The summed E-state index contributed by atoms with van der Waals surface area (Å²) in [4.78, 5) is 22.1. The lowest BCUT2D eigenvalue weighted by Gasteiger charge is -2.34. The summed E-state index contributed by atoms with van der Waals surface area (Å²) in [6, 6.07) is 11.5. The van der Waals surface area contributed by atoms with Gasteiger partial charge in [-0.2, -0.15) is 4.98 Å². The lowest BCUT2D eigenvalue weighted by molar-refractivity contribution is 0.340. The highest BCUT2D eigenvalue weighted by Gasteiger charge is 2.20. The van der Waals surface area contributed by atoms with E-state index in [1.165, 1.54) is 0 Å². The molecule has 4 rings (SSSR count). The van der Waals surface area contributed by atoms with Gasteiger partial charge in [0.2, 0.25) is 11.9 Å². The molecule has 3 aromatic rings. The van der Waals surface area contributed by atoms with Crippen molar-refractivity contribution in [2.24, 2.45) is 0 Å². The van der Waals surface area contributed by atoms with Gasteiger partial charge in [0, 0.05) is 50.5 Å². The van der Waals surface area contributed by atoms with Gasteiger partial charge in [-0.15, -0.1) is 0 Å². The highest BCUT2D eigenvalue weighted by Crippen LogP contribution is 2.21. The van der Waals surface area contributed by atoms with Crippen molar-refractivity contribution in [1.29, 1.82) is 0 Å². The molecule has 0 saturated carbocycles. The number of piperazine rings is 1. The van der Waals surface area contributed by atoms with Crippen LogP contribution in [0.5, 0.6) is 5.75 Å². The van der Waals surface area contributed by atoms with Crippen molar-refractivity contribution in [2.45, 2.75) is 6.92 Å². The minimum absolute atomic E-state index is 0.658. The maximum absolute atomic E-state index is 5.48. The first kappa shape index (κ1) is 18.0. The van der Waals surface area contributed by atoms with Gasteiger partial charge in [-0.25, -0.2) is 15.0 Å². The second kappa shape index (κ2) is 8.51. The van der Waals surface area contributed by atoms with Crippen molar-refractivity contribution < 1.29 is 4.74 Å². The molecule has 0 radical (unpaired) electrons. The Hall–Kier alpha value is -3.42. The van der Waals surface area contributed by atoms with Gasteiger partial charge in [0.15, 0.2) is 0 Å². The molecular formula is C20H23N7O. The van der Waals surface area contributed by atoms with Gasteiger partial charge in [0.25, 0.3) is 0 Å². The Labute approximate surface area is 164 Å². The van der Waals surface area contributed by atoms with Crippen molar-refractivity contribution in [3.63, 3.8) is 0 Å². The molecule has 0 aliphatic carbocycles. The van der Waals surface area contributed by atoms with E-state index in [4.69, 9.17) is 4.74 Å². The van der Waals surface area contributed by atoms with E-state index in [0.717, 1.165) is 55.3 Å². The van der Waals surface area contributed by atoms with Gasteiger partial charge < -0.3 is 19.9 Å². The second-order valence-electron chi connectivity index (χ2n) is 6.35. The summed E-state index contributed by atoms with van der Waals surface area (Å²) >= 11 is 0.